The molecular formula is C9H21O5P. The third kappa shape index (κ3) is 7.03. The molecule has 0 aromatic carbocycles. The van der Waals surface area contributed by atoms with Crippen molar-refractivity contribution in [1.29, 1.82) is 0 Å². The average Bonchev–Trinajstić information content (AvgIpc) is 2.16. The third-order valence-electron chi connectivity index (χ3n) is 1.62. The van der Waals surface area contributed by atoms with E-state index in [1.165, 1.54) is 0 Å². The van der Waals surface area contributed by atoms with Crippen molar-refractivity contribution in [3.8, 4) is 0 Å². The van der Waals surface area contributed by atoms with Crippen LogP contribution in [0.2, 0.25) is 0 Å². The molecular weight excluding hydrogens is 219 g/mol. The van der Waals surface area contributed by atoms with Crippen LogP contribution < -0.4 is 0 Å². The summed E-state index contributed by atoms with van der Waals surface area (Å²) < 4.78 is 26.5. The minimum atomic E-state index is -3.46. The molecule has 1 atom stereocenters. The van der Waals surface area contributed by atoms with Crippen LogP contribution in [0, 0.1) is 0 Å². The number of phosphoric acid groups is 1. The molecule has 1 N–H and O–H groups in total. The maximum Gasteiger partial charge on any atom is 0.474 e. The first kappa shape index (κ1) is 15.1. The largest absolute Gasteiger partial charge is 0.474 e. The highest BCUT2D eigenvalue weighted by Gasteiger charge is 2.26. The van der Waals surface area contributed by atoms with Gasteiger partial charge in [0.1, 0.15) is 0 Å². The molecule has 0 aliphatic rings. The molecule has 0 aromatic rings. The molecule has 0 aliphatic heterocycles. The van der Waals surface area contributed by atoms with Crippen LogP contribution in [0.1, 0.15) is 33.6 Å². The topological polar surface area (TPSA) is 65.0 Å². The van der Waals surface area contributed by atoms with Crippen LogP contribution >= 0.6 is 7.82 Å². The number of aliphatic hydroxyl groups excluding tert-OH is 1. The van der Waals surface area contributed by atoms with E-state index in [4.69, 9.17) is 13.6 Å². The highest BCUT2D eigenvalue weighted by atomic mass is 31.2. The lowest BCUT2D eigenvalue weighted by Crippen LogP contribution is -2.15. The molecule has 15 heavy (non-hydrogen) atoms. The van der Waals surface area contributed by atoms with Crippen molar-refractivity contribution >= 4 is 7.82 Å². The Balaban J connectivity index is 4.00. The first-order valence-corrected chi connectivity index (χ1v) is 6.75. The molecule has 0 aliphatic carbocycles. The lowest BCUT2D eigenvalue weighted by Gasteiger charge is -2.18. The Kier molecular flexibility index (Phi) is 8.29. The van der Waals surface area contributed by atoms with Gasteiger partial charge in [0.05, 0.1) is 25.9 Å². The zero-order chi connectivity index (χ0) is 11.7. The second kappa shape index (κ2) is 8.25. The molecule has 0 bridgehead atoms. The fraction of sp³-hybridized carbons (Fsp3) is 1.00. The van der Waals surface area contributed by atoms with Gasteiger partial charge in [0.15, 0.2) is 0 Å². The van der Waals surface area contributed by atoms with E-state index >= 15 is 0 Å². The van der Waals surface area contributed by atoms with Crippen molar-refractivity contribution in [2.24, 2.45) is 0 Å². The van der Waals surface area contributed by atoms with E-state index < -0.39 is 13.9 Å². The molecule has 92 valence electrons. The average molecular weight is 240 g/mol. The summed E-state index contributed by atoms with van der Waals surface area (Å²) in [6, 6.07) is 0. The summed E-state index contributed by atoms with van der Waals surface area (Å²) in [6.07, 6.45) is 0.834. The van der Waals surface area contributed by atoms with Crippen molar-refractivity contribution < 1.29 is 23.2 Å². The summed E-state index contributed by atoms with van der Waals surface area (Å²) in [4.78, 5) is 0. The van der Waals surface area contributed by atoms with Crippen LogP contribution in [0.3, 0.4) is 0 Å². The summed E-state index contributed by atoms with van der Waals surface area (Å²) in [5.41, 5.74) is 0. The third-order valence-corrected chi connectivity index (χ3v) is 3.24. The van der Waals surface area contributed by atoms with E-state index in [1.807, 2.05) is 6.92 Å². The van der Waals surface area contributed by atoms with Crippen molar-refractivity contribution in [3.05, 3.63) is 0 Å². The molecule has 0 fully saturated rings. The van der Waals surface area contributed by atoms with Gasteiger partial charge in [-0.25, -0.2) is 4.57 Å². The molecule has 0 amide bonds. The fourth-order valence-electron chi connectivity index (χ4n) is 1.02. The van der Waals surface area contributed by atoms with Crippen molar-refractivity contribution in [2.75, 3.05) is 19.8 Å². The van der Waals surface area contributed by atoms with Crippen molar-refractivity contribution in [2.45, 2.75) is 39.7 Å². The van der Waals surface area contributed by atoms with Crippen LogP contribution in [0.15, 0.2) is 0 Å². The van der Waals surface area contributed by atoms with Gasteiger partial charge in [-0.1, -0.05) is 13.3 Å². The molecule has 0 heterocycles. The van der Waals surface area contributed by atoms with Crippen molar-refractivity contribution in [1.82, 2.24) is 0 Å². The Morgan fingerprint density at radius 2 is 1.67 bits per heavy atom. The van der Waals surface area contributed by atoms with E-state index in [0.717, 1.165) is 6.42 Å². The monoisotopic (exact) mass is 240 g/mol. The van der Waals surface area contributed by atoms with Gasteiger partial charge in [0.2, 0.25) is 0 Å². The fourth-order valence-corrected chi connectivity index (χ4v) is 2.23. The quantitative estimate of drug-likeness (QED) is 0.626. The molecule has 5 nitrogen and oxygen atoms in total. The van der Waals surface area contributed by atoms with Gasteiger partial charge in [-0.05, 0) is 20.3 Å². The molecule has 0 rings (SSSR count). The zero-order valence-electron chi connectivity index (χ0n) is 9.64. The van der Waals surface area contributed by atoms with Gasteiger partial charge in [0, 0.05) is 0 Å². The van der Waals surface area contributed by atoms with Crippen LogP contribution in [-0.4, -0.2) is 31.0 Å². The van der Waals surface area contributed by atoms with Crippen molar-refractivity contribution in [3.63, 3.8) is 0 Å². The predicted molar refractivity (Wildman–Crippen MR) is 57.7 cm³/mol. The van der Waals surface area contributed by atoms with Gasteiger partial charge in [-0.3, -0.25) is 13.6 Å². The van der Waals surface area contributed by atoms with Gasteiger partial charge >= 0.3 is 7.82 Å². The van der Waals surface area contributed by atoms with Crippen LogP contribution in [0.25, 0.3) is 0 Å². The Labute approximate surface area is 91.3 Å². The highest BCUT2D eigenvalue weighted by molar-refractivity contribution is 7.48. The Bertz CT molecular complexity index is 187. The lowest BCUT2D eigenvalue weighted by molar-refractivity contribution is 0.0583. The molecule has 6 heteroatoms. The maximum atomic E-state index is 11.7. The molecule has 0 radical (unpaired) electrons. The zero-order valence-corrected chi connectivity index (χ0v) is 10.5. The molecule has 0 saturated carbocycles. The Morgan fingerprint density at radius 3 is 2.07 bits per heavy atom. The molecule has 0 spiro atoms. The van der Waals surface area contributed by atoms with Gasteiger partial charge in [-0.2, -0.15) is 0 Å². The molecule has 1 unspecified atom stereocenters. The maximum absolute atomic E-state index is 11.7. The SMILES string of the molecule is CCCC(O)COP(=O)(OCC)OCC. The number of phosphoric ester groups is 1. The highest BCUT2D eigenvalue weighted by Crippen LogP contribution is 2.49. The summed E-state index contributed by atoms with van der Waals surface area (Å²) in [5.74, 6) is 0. The Morgan fingerprint density at radius 1 is 1.13 bits per heavy atom. The molecule has 0 aromatic heterocycles. The first-order chi connectivity index (χ1) is 7.08. The Hall–Kier alpha value is 0.0700. The second-order valence-electron chi connectivity index (χ2n) is 3.02. The van der Waals surface area contributed by atoms with Crippen LogP contribution in [-0.2, 0) is 18.1 Å². The van der Waals surface area contributed by atoms with Crippen LogP contribution in [0.4, 0.5) is 0 Å². The summed E-state index contributed by atoms with van der Waals surface area (Å²) in [5, 5.41) is 9.39. The minimum absolute atomic E-state index is 0.0227. The lowest BCUT2D eigenvalue weighted by atomic mass is 10.2. The summed E-state index contributed by atoms with van der Waals surface area (Å²) in [6.45, 7) is 5.84. The number of hydrogen-bond donors (Lipinski definition) is 1. The second-order valence-corrected chi connectivity index (χ2v) is 4.69. The van der Waals surface area contributed by atoms with E-state index in [2.05, 4.69) is 0 Å². The van der Waals surface area contributed by atoms with E-state index in [9.17, 15) is 9.67 Å². The van der Waals surface area contributed by atoms with E-state index in [1.54, 1.807) is 13.8 Å². The first-order valence-electron chi connectivity index (χ1n) is 5.29. The number of hydrogen-bond acceptors (Lipinski definition) is 5. The van der Waals surface area contributed by atoms with Gasteiger partial charge in [-0.15, -0.1) is 0 Å². The minimum Gasteiger partial charge on any atom is -0.391 e. The standard InChI is InChI=1S/C9H21O5P/c1-4-7-9(10)8-14-15(11,12-5-2)13-6-3/h9-10H,4-8H2,1-3H3. The predicted octanol–water partition coefficient (Wildman–Crippen LogP) is 2.35. The van der Waals surface area contributed by atoms with Gasteiger partial charge in [0.25, 0.3) is 0 Å². The molecule has 0 saturated heterocycles. The number of aliphatic hydroxyl groups is 1. The van der Waals surface area contributed by atoms with Gasteiger partial charge < -0.3 is 5.11 Å². The van der Waals surface area contributed by atoms with E-state index in [-0.39, 0.29) is 19.8 Å². The normalized spacial score (nSPS) is 14.1. The summed E-state index contributed by atoms with van der Waals surface area (Å²) in [7, 11) is -3.46. The smallest absolute Gasteiger partial charge is 0.391 e. The van der Waals surface area contributed by atoms with E-state index in [0.29, 0.717) is 6.42 Å². The number of rotatable bonds is 9. The summed E-state index contributed by atoms with van der Waals surface area (Å²) >= 11 is 0. The van der Waals surface area contributed by atoms with Crippen LogP contribution in [0.5, 0.6) is 0 Å².